The number of methoxy groups -OCH3 is 1. The minimum atomic E-state index is -0.344. The number of hydrogen-bond donors (Lipinski definition) is 1. The number of ether oxygens (including phenoxy) is 1. The Bertz CT molecular complexity index is 448. The van der Waals surface area contributed by atoms with E-state index < -0.39 is 0 Å². The topological polar surface area (TPSA) is 64.4 Å². The molecule has 1 aliphatic rings. The molecule has 1 aliphatic carbocycles. The smallest absolute Gasteiger partial charge is 0.274 e. The summed E-state index contributed by atoms with van der Waals surface area (Å²) in [6, 6.07) is 5.37. The zero-order valence-corrected chi connectivity index (χ0v) is 10.7. The summed E-state index contributed by atoms with van der Waals surface area (Å²) in [6.45, 7) is 1.78. The molecule has 0 aromatic heterocycles. The fourth-order valence-electron chi connectivity index (χ4n) is 2.55. The molecule has 1 aromatic rings. The Balaban J connectivity index is 2.19. The molecular formula is C13H18N2O3. The Kier molecular flexibility index (Phi) is 3.81. The van der Waals surface area contributed by atoms with Crippen LogP contribution in [0.3, 0.4) is 0 Å². The summed E-state index contributed by atoms with van der Waals surface area (Å²) in [6.07, 6.45) is 3.41. The van der Waals surface area contributed by atoms with Crippen molar-refractivity contribution in [3.05, 3.63) is 33.9 Å². The van der Waals surface area contributed by atoms with E-state index in [2.05, 4.69) is 5.32 Å². The number of nitro benzene ring substituents is 1. The van der Waals surface area contributed by atoms with Gasteiger partial charge in [0.25, 0.3) is 5.69 Å². The Hall–Kier alpha value is -1.62. The van der Waals surface area contributed by atoms with Gasteiger partial charge in [0.1, 0.15) is 0 Å². The van der Waals surface area contributed by atoms with Gasteiger partial charge in [-0.05, 0) is 32.3 Å². The average molecular weight is 250 g/mol. The molecule has 1 fully saturated rings. The normalized spacial score (nSPS) is 23.0. The van der Waals surface area contributed by atoms with E-state index in [1.165, 1.54) is 6.07 Å². The molecule has 1 N–H and O–H groups in total. The number of benzene rings is 1. The Morgan fingerprint density at radius 2 is 2.22 bits per heavy atom. The second-order valence-corrected chi connectivity index (χ2v) is 4.66. The summed E-state index contributed by atoms with van der Waals surface area (Å²) < 4.78 is 5.42. The third kappa shape index (κ3) is 2.46. The molecule has 1 saturated carbocycles. The third-order valence-corrected chi connectivity index (χ3v) is 3.60. The van der Waals surface area contributed by atoms with E-state index in [-0.39, 0.29) is 22.8 Å². The molecular weight excluding hydrogens is 232 g/mol. The monoisotopic (exact) mass is 250 g/mol. The first-order chi connectivity index (χ1) is 8.63. The quantitative estimate of drug-likeness (QED) is 0.659. The lowest BCUT2D eigenvalue weighted by Gasteiger charge is -2.21. The van der Waals surface area contributed by atoms with Crippen LogP contribution in [0.1, 0.15) is 24.8 Å². The minimum absolute atomic E-state index is 0.159. The lowest BCUT2D eigenvalue weighted by atomic mass is 10.1. The van der Waals surface area contributed by atoms with Crippen molar-refractivity contribution in [2.45, 2.75) is 38.3 Å². The van der Waals surface area contributed by atoms with Crippen LogP contribution in [0.15, 0.2) is 18.2 Å². The fraction of sp³-hybridized carbons (Fsp3) is 0.538. The summed E-state index contributed by atoms with van der Waals surface area (Å²) in [5.41, 5.74) is 1.68. The van der Waals surface area contributed by atoms with Gasteiger partial charge in [0.05, 0.1) is 17.1 Å². The Morgan fingerprint density at radius 3 is 2.89 bits per heavy atom. The van der Waals surface area contributed by atoms with E-state index in [9.17, 15) is 10.1 Å². The van der Waals surface area contributed by atoms with E-state index in [0.29, 0.717) is 5.56 Å². The van der Waals surface area contributed by atoms with Crippen molar-refractivity contribution >= 4 is 11.4 Å². The summed E-state index contributed by atoms with van der Waals surface area (Å²) in [7, 11) is 1.71. The molecule has 5 nitrogen and oxygen atoms in total. The lowest BCUT2D eigenvalue weighted by molar-refractivity contribution is -0.385. The molecule has 2 unspecified atom stereocenters. The van der Waals surface area contributed by atoms with Gasteiger partial charge in [0, 0.05) is 24.4 Å². The predicted octanol–water partition coefficient (Wildman–Crippen LogP) is 2.88. The number of hydrogen-bond acceptors (Lipinski definition) is 4. The van der Waals surface area contributed by atoms with Gasteiger partial charge in [0.15, 0.2) is 0 Å². The van der Waals surface area contributed by atoms with Crippen molar-refractivity contribution in [3.8, 4) is 0 Å². The van der Waals surface area contributed by atoms with E-state index in [4.69, 9.17) is 4.74 Å². The number of nitro groups is 1. The molecule has 18 heavy (non-hydrogen) atoms. The molecule has 5 heteroatoms. The molecule has 2 rings (SSSR count). The molecule has 0 amide bonds. The highest BCUT2D eigenvalue weighted by Gasteiger charge is 2.27. The third-order valence-electron chi connectivity index (χ3n) is 3.60. The summed E-state index contributed by atoms with van der Waals surface area (Å²) >= 11 is 0. The van der Waals surface area contributed by atoms with E-state index in [1.54, 1.807) is 20.1 Å². The molecule has 0 aliphatic heterocycles. The zero-order chi connectivity index (χ0) is 13.1. The molecule has 98 valence electrons. The van der Waals surface area contributed by atoms with Crippen LogP contribution in [0.25, 0.3) is 0 Å². The van der Waals surface area contributed by atoms with E-state index >= 15 is 0 Å². The van der Waals surface area contributed by atoms with Gasteiger partial charge in [-0.15, -0.1) is 0 Å². The average Bonchev–Trinajstić information content (AvgIpc) is 2.78. The van der Waals surface area contributed by atoms with Crippen molar-refractivity contribution < 1.29 is 9.66 Å². The Labute approximate surface area is 106 Å². The van der Waals surface area contributed by atoms with Crippen LogP contribution in [0.5, 0.6) is 0 Å². The van der Waals surface area contributed by atoms with Crippen LogP contribution in [0.2, 0.25) is 0 Å². The van der Waals surface area contributed by atoms with Gasteiger partial charge in [-0.1, -0.05) is 6.07 Å². The number of nitrogens with one attached hydrogen (secondary N) is 1. The van der Waals surface area contributed by atoms with Crippen LogP contribution in [0, 0.1) is 17.0 Å². The van der Waals surface area contributed by atoms with E-state index in [1.807, 2.05) is 6.07 Å². The van der Waals surface area contributed by atoms with Gasteiger partial charge in [-0.25, -0.2) is 0 Å². The zero-order valence-electron chi connectivity index (χ0n) is 10.7. The first-order valence-electron chi connectivity index (χ1n) is 6.17. The van der Waals surface area contributed by atoms with E-state index in [0.717, 1.165) is 24.9 Å². The largest absolute Gasteiger partial charge is 0.379 e. The second kappa shape index (κ2) is 5.35. The SMILES string of the molecule is COC1CCCC1Nc1cccc([N+](=O)[O-])c1C. The number of anilines is 1. The first kappa shape index (κ1) is 12.8. The van der Waals surface area contributed by atoms with Crippen LogP contribution < -0.4 is 5.32 Å². The van der Waals surface area contributed by atoms with Gasteiger partial charge < -0.3 is 10.1 Å². The summed E-state index contributed by atoms with van der Waals surface area (Å²) in [5.74, 6) is 0. The lowest BCUT2D eigenvalue weighted by Crippen LogP contribution is -2.30. The van der Waals surface area contributed by atoms with Crippen molar-refractivity contribution in [1.29, 1.82) is 0 Å². The highest BCUT2D eigenvalue weighted by molar-refractivity contribution is 5.60. The molecule has 0 spiro atoms. The maximum atomic E-state index is 10.9. The van der Waals surface area contributed by atoms with Crippen molar-refractivity contribution in [1.82, 2.24) is 0 Å². The van der Waals surface area contributed by atoms with Gasteiger partial charge in [0.2, 0.25) is 0 Å². The highest BCUT2D eigenvalue weighted by Crippen LogP contribution is 2.29. The standard InChI is InChI=1S/C13H18N2O3/c1-9-10(5-3-7-12(9)15(16)17)14-11-6-4-8-13(11)18-2/h3,5,7,11,13-14H,4,6,8H2,1-2H3. The maximum absolute atomic E-state index is 10.9. The molecule has 0 radical (unpaired) electrons. The minimum Gasteiger partial charge on any atom is -0.379 e. The maximum Gasteiger partial charge on any atom is 0.274 e. The molecule has 0 saturated heterocycles. The second-order valence-electron chi connectivity index (χ2n) is 4.66. The Morgan fingerprint density at radius 1 is 1.44 bits per heavy atom. The van der Waals surface area contributed by atoms with Gasteiger partial charge in [-0.2, -0.15) is 0 Å². The molecule has 1 aromatic carbocycles. The predicted molar refractivity (Wildman–Crippen MR) is 69.9 cm³/mol. The number of nitrogens with zero attached hydrogens (tertiary/aromatic N) is 1. The van der Waals surface area contributed by atoms with Gasteiger partial charge >= 0.3 is 0 Å². The first-order valence-corrected chi connectivity index (χ1v) is 6.17. The van der Waals surface area contributed by atoms with Crippen LogP contribution >= 0.6 is 0 Å². The summed E-state index contributed by atoms with van der Waals surface area (Å²) in [4.78, 5) is 10.5. The van der Waals surface area contributed by atoms with Gasteiger partial charge in [-0.3, -0.25) is 10.1 Å². The van der Waals surface area contributed by atoms with Crippen LogP contribution in [-0.4, -0.2) is 24.2 Å². The highest BCUT2D eigenvalue weighted by atomic mass is 16.6. The van der Waals surface area contributed by atoms with Crippen LogP contribution in [0.4, 0.5) is 11.4 Å². The molecule has 2 atom stereocenters. The summed E-state index contributed by atoms with van der Waals surface area (Å²) in [5, 5.41) is 14.3. The number of rotatable bonds is 4. The van der Waals surface area contributed by atoms with Crippen molar-refractivity contribution in [2.75, 3.05) is 12.4 Å². The van der Waals surface area contributed by atoms with Crippen molar-refractivity contribution in [2.24, 2.45) is 0 Å². The van der Waals surface area contributed by atoms with Crippen molar-refractivity contribution in [3.63, 3.8) is 0 Å². The van der Waals surface area contributed by atoms with Crippen LogP contribution in [-0.2, 0) is 4.74 Å². The fourth-order valence-corrected chi connectivity index (χ4v) is 2.55. The molecule has 0 heterocycles. The molecule has 0 bridgehead atoms.